The van der Waals surface area contributed by atoms with Crippen LogP contribution in [0.25, 0.3) is 32.3 Å². The van der Waals surface area contributed by atoms with Gasteiger partial charge in [0.1, 0.15) is 0 Å². The van der Waals surface area contributed by atoms with Crippen molar-refractivity contribution in [2.75, 3.05) is 5.32 Å². The fraction of sp³-hybridized carbons (Fsp3) is 0.0769. The molecule has 5 aromatic rings. The van der Waals surface area contributed by atoms with E-state index in [9.17, 15) is 0 Å². The topological polar surface area (TPSA) is 12.0 Å². The Morgan fingerprint density at radius 1 is 0.481 bits per heavy atom. The van der Waals surface area contributed by atoms with E-state index in [-0.39, 0.29) is 0 Å². The lowest BCUT2D eigenvalue weighted by atomic mass is 9.99. The van der Waals surface area contributed by atoms with Crippen molar-refractivity contribution in [1.29, 1.82) is 0 Å². The molecule has 0 aliphatic heterocycles. The number of hydrogen-bond donors (Lipinski definition) is 1. The average molecular weight is 347 g/mol. The Balaban J connectivity index is 1.71. The van der Waals surface area contributed by atoms with E-state index in [0.717, 1.165) is 11.4 Å². The average Bonchev–Trinajstić information content (AvgIpc) is 2.70. The predicted molar refractivity (Wildman–Crippen MR) is 118 cm³/mol. The Morgan fingerprint density at radius 3 is 1.96 bits per heavy atom. The Bertz CT molecular complexity index is 1310. The Hall–Kier alpha value is -3.32. The minimum Gasteiger partial charge on any atom is -0.355 e. The summed E-state index contributed by atoms with van der Waals surface area (Å²) in [6, 6.07) is 30.6. The van der Waals surface area contributed by atoms with Gasteiger partial charge in [-0.2, -0.15) is 0 Å². The molecule has 1 heteroatoms. The number of rotatable bonds is 2. The molecule has 0 saturated heterocycles. The van der Waals surface area contributed by atoms with E-state index in [1.165, 1.54) is 43.4 Å². The molecule has 0 radical (unpaired) electrons. The first kappa shape index (κ1) is 15.9. The van der Waals surface area contributed by atoms with Crippen LogP contribution in [0.4, 0.5) is 11.4 Å². The third-order valence-corrected chi connectivity index (χ3v) is 5.51. The smallest absolute Gasteiger partial charge is 0.0464 e. The third-order valence-electron chi connectivity index (χ3n) is 5.51. The van der Waals surface area contributed by atoms with Crippen molar-refractivity contribution < 1.29 is 0 Å². The molecule has 0 fully saturated rings. The normalized spacial score (nSPS) is 11.3. The van der Waals surface area contributed by atoms with Crippen molar-refractivity contribution in [3.05, 3.63) is 96.1 Å². The van der Waals surface area contributed by atoms with E-state index in [2.05, 4.69) is 104 Å². The van der Waals surface area contributed by atoms with Gasteiger partial charge in [0.05, 0.1) is 0 Å². The Morgan fingerprint density at radius 2 is 1.11 bits per heavy atom. The summed E-state index contributed by atoms with van der Waals surface area (Å²) in [6.07, 6.45) is 0. The molecule has 0 amide bonds. The van der Waals surface area contributed by atoms with Crippen LogP contribution in [0.1, 0.15) is 11.1 Å². The van der Waals surface area contributed by atoms with Crippen molar-refractivity contribution in [2.45, 2.75) is 13.8 Å². The van der Waals surface area contributed by atoms with E-state index in [1.807, 2.05) is 0 Å². The number of hydrogen-bond acceptors (Lipinski definition) is 1. The molecule has 27 heavy (non-hydrogen) atoms. The Labute approximate surface area is 159 Å². The van der Waals surface area contributed by atoms with Gasteiger partial charge in [-0.1, -0.05) is 60.7 Å². The van der Waals surface area contributed by atoms with Crippen LogP contribution in [0, 0.1) is 13.8 Å². The lowest BCUT2D eigenvalue weighted by molar-refractivity contribution is 1.51. The zero-order valence-corrected chi connectivity index (χ0v) is 15.6. The number of fused-ring (bicyclic) bond motifs is 3. The van der Waals surface area contributed by atoms with Crippen LogP contribution in [-0.2, 0) is 0 Å². The maximum atomic E-state index is 3.70. The summed E-state index contributed by atoms with van der Waals surface area (Å²) in [5, 5.41) is 11.4. The third kappa shape index (κ3) is 2.63. The summed E-state index contributed by atoms with van der Waals surface area (Å²) in [4.78, 5) is 0. The van der Waals surface area contributed by atoms with Crippen LogP contribution < -0.4 is 5.32 Å². The molecular weight excluding hydrogens is 326 g/mol. The summed E-state index contributed by atoms with van der Waals surface area (Å²) in [7, 11) is 0. The molecule has 0 spiro atoms. The molecule has 1 N–H and O–H groups in total. The van der Waals surface area contributed by atoms with Crippen LogP contribution in [-0.4, -0.2) is 0 Å². The molecular formula is C26H21N. The molecule has 0 atom stereocenters. The molecule has 0 bridgehead atoms. The predicted octanol–water partition coefficient (Wildman–Crippen LogP) is 7.51. The number of nitrogens with one attached hydrogen (secondary N) is 1. The number of aryl methyl sites for hydroxylation is 2. The second-order valence-electron chi connectivity index (χ2n) is 7.28. The molecule has 0 aromatic heterocycles. The molecule has 1 nitrogen and oxygen atoms in total. The zero-order valence-electron chi connectivity index (χ0n) is 15.6. The highest BCUT2D eigenvalue weighted by Crippen LogP contribution is 2.34. The first-order chi connectivity index (χ1) is 13.2. The van der Waals surface area contributed by atoms with Gasteiger partial charge in [0.15, 0.2) is 0 Å². The van der Waals surface area contributed by atoms with E-state index in [0.29, 0.717) is 0 Å². The summed E-state index contributed by atoms with van der Waals surface area (Å²) in [6.45, 7) is 4.34. The second-order valence-corrected chi connectivity index (χ2v) is 7.28. The van der Waals surface area contributed by atoms with Gasteiger partial charge in [0.2, 0.25) is 0 Å². The lowest BCUT2D eigenvalue weighted by Gasteiger charge is -2.14. The molecule has 5 aromatic carbocycles. The number of anilines is 2. The fourth-order valence-corrected chi connectivity index (χ4v) is 4.02. The summed E-state index contributed by atoms with van der Waals surface area (Å²) in [5.74, 6) is 0. The number of benzene rings is 5. The SMILES string of the molecule is Cc1cccc2cc3c(Nc4ccc(C)c5ccccc45)cccc3cc12. The minimum atomic E-state index is 1.14. The van der Waals surface area contributed by atoms with Crippen LogP contribution in [0.15, 0.2) is 84.9 Å². The Kier molecular flexibility index (Phi) is 3.61. The van der Waals surface area contributed by atoms with Crippen LogP contribution in [0.2, 0.25) is 0 Å². The van der Waals surface area contributed by atoms with Crippen molar-refractivity contribution in [1.82, 2.24) is 0 Å². The molecule has 130 valence electrons. The van der Waals surface area contributed by atoms with E-state index in [4.69, 9.17) is 0 Å². The van der Waals surface area contributed by atoms with Gasteiger partial charge in [0, 0.05) is 22.1 Å². The van der Waals surface area contributed by atoms with Crippen molar-refractivity contribution in [3.8, 4) is 0 Å². The van der Waals surface area contributed by atoms with E-state index < -0.39 is 0 Å². The highest BCUT2D eigenvalue weighted by molar-refractivity contribution is 6.06. The van der Waals surface area contributed by atoms with Gasteiger partial charge in [-0.05, 0) is 70.8 Å². The van der Waals surface area contributed by atoms with Crippen molar-refractivity contribution in [2.24, 2.45) is 0 Å². The first-order valence-corrected chi connectivity index (χ1v) is 9.38. The molecule has 0 aliphatic rings. The summed E-state index contributed by atoms with van der Waals surface area (Å²) < 4.78 is 0. The van der Waals surface area contributed by atoms with Gasteiger partial charge < -0.3 is 5.32 Å². The first-order valence-electron chi connectivity index (χ1n) is 9.38. The fourth-order valence-electron chi connectivity index (χ4n) is 4.02. The maximum absolute atomic E-state index is 3.70. The molecule has 0 unspecified atom stereocenters. The monoisotopic (exact) mass is 347 g/mol. The highest BCUT2D eigenvalue weighted by Gasteiger charge is 2.08. The van der Waals surface area contributed by atoms with Crippen LogP contribution in [0.5, 0.6) is 0 Å². The van der Waals surface area contributed by atoms with Crippen molar-refractivity contribution >= 4 is 43.7 Å². The van der Waals surface area contributed by atoms with Crippen molar-refractivity contribution in [3.63, 3.8) is 0 Å². The molecule has 0 saturated carbocycles. The molecule has 0 heterocycles. The van der Waals surface area contributed by atoms with Gasteiger partial charge in [0.25, 0.3) is 0 Å². The quantitative estimate of drug-likeness (QED) is 0.326. The highest BCUT2D eigenvalue weighted by atomic mass is 14.9. The zero-order chi connectivity index (χ0) is 18.4. The standard InChI is InChI=1S/C26H21N/c1-17-7-5-8-19-16-24-20(15-23(17)19)9-6-12-25(24)27-26-14-13-18(2)21-10-3-4-11-22(21)26/h3-16,27H,1-2H3. The van der Waals surface area contributed by atoms with Gasteiger partial charge in [-0.25, -0.2) is 0 Å². The second kappa shape index (κ2) is 6.14. The maximum Gasteiger partial charge on any atom is 0.0464 e. The van der Waals surface area contributed by atoms with Gasteiger partial charge in [-0.15, -0.1) is 0 Å². The molecule has 5 rings (SSSR count). The lowest BCUT2D eigenvalue weighted by Crippen LogP contribution is -1.94. The van der Waals surface area contributed by atoms with Crippen LogP contribution in [0.3, 0.4) is 0 Å². The van der Waals surface area contributed by atoms with Crippen LogP contribution >= 0.6 is 0 Å². The summed E-state index contributed by atoms with van der Waals surface area (Å²) >= 11 is 0. The van der Waals surface area contributed by atoms with E-state index in [1.54, 1.807) is 0 Å². The minimum absolute atomic E-state index is 1.14. The summed E-state index contributed by atoms with van der Waals surface area (Å²) in [5.41, 5.74) is 4.91. The van der Waals surface area contributed by atoms with Gasteiger partial charge in [-0.3, -0.25) is 0 Å². The molecule has 0 aliphatic carbocycles. The largest absolute Gasteiger partial charge is 0.355 e. The van der Waals surface area contributed by atoms with E-state index >= 15 is 0 Å². The van der Waals surface area contributed by atoms with Gasteiger partial charge >= 0.3 is 0 Å².